The van der Waals surface area contributed by atoms with E-state index < -0.39 is 11.9 Å². The van der Waals surface area contributed by atoms with E-state index in [1.165, 1.54) is 0 Å². The zero-order valence-corrected chi connectivity index (χ0v) is 14.3. The Morgan fingerprint density at radius 2 is 1.80 bits per heavy atom. The Balaban J connectivity index is 1.66. The molecule has 0 aliphatic rings. The average molecular weight is 354 g/mol. The maximum Gasteiger partial charge on any atom is 0.339 e. The van der Waals surface area contributed by atoms with Gasteiger partial charge in [0.2, 0.25) is 0 Å². The molecule has 5 heteroatoms. The van der Waals surface area contributed by atoms with E-state index in [0.717, 1.165) is 16.3 Å². The lowest BCUT2D eigenvalue weighted by Crippen LogP contribution is -2.21. The molecule has 0 fully saturated rings. The molecule has 0 heterocycles. The highest BCUT2D eigenvalue weighted by Crippen LogP contribution is 2.23. The van der Waals surface area contributed by atoms with Crippen LogP contribution in [0.4, 0.5) is 5.69 Å². The predicted octanol–water partition coefficient (Wildman–Crippen LogP) is 4.60. The number of anilines is 1. The minimum atomic E-state index is -0.540. The first-order chi connectivity index (χ1) is 12.0. The molecule has 0 aliphatic carbocycles. The number of hydrogen-bond acceptors (Lipinski definition) is 3. The third-order valence-electron chi connectivity index (χ3n) is 3.74. The topological polar surface area (TPSA) is 55.4 Å². The Morgan fingerprint density at radius 3 is 2.60 bits per heavy atom. The summed E-state index contributed by atoms with van der Waals surface area (Å²) in [6.45, 7) is 1.52. The summed E-state index contributed by atoms with van der Waals surface area (Å²) in [7, 11) is 0. The van der Waals surface area contributed by atoms with Crippen LogP contribution in [0.1, 0.15) is 15.9 Å². The van der Waals surface area contributed by atoms with Crippen LogP contribution in [-0.2, 0) is 9.53 Å². The molecule has 25 heavy (non-hydrogen) atoms. The van der Waals surface area contributed by atoms with Gasteiger partial charge in [-0.15, -0.1) is 0 Å². The smallest absolute Gasteiger partial charge is 0.339 e. The first kappa shape index (κ1) is 17.0. The maximum absolute atomic E-state index is 12.3. The molecule has 0 aromatic heterocycles. The van der Waals surface area contributed by atoms with Crippen molar-refractivity contribution in [1.29, 1.82) is 0 Å². The van der Waals surface area contributed by atoms with Gasteiger partial charge in [-0.05, 0) is 41.5 Å². The molecule has 0 atom stereocenters. The molecule has 0 radical (unpaired) electrons. The Kier molecular flexibility index (Phi) is 5.00. The number of aryl methyl sites for hydroxylation is 1. The van der Waals surface area contributed by atoms with Crippen molar-refractivity contribution in [3.8, 4) is 0 Å². The van der Waals surface area contributed by atoms with E-state index >= 15 is 0 Å². The van der Waals surface area contributed by atoms with E-state index in [2.05, 4.69) is 5.32 Å². The number of esters is 1. The summed E-state index contributed by atoms with van der Waals surface area (Å²) in [6, 6.07) is 18.2. The molecule has 126 valence electrons. The summed E-state index contributed by atoms with van der Waals surface area (Å²) >= 11 is 6.08. The molecule has 3 rings (SSSR count). The fourth-order valence-electron chi connectivity index (χ4n) is 2.52. The van der Waals surface area contributed by atoms with Gasteiger partial charge in [0.15, 0.2) is 6.61 Å². The highest BCUT2D eigenvalue weighted by molar-refractivity contribution is 6.33. The average Bonchev–Trinajstić information content (AvgIpc) is 2.61. The van der Waals surface area contributed by atoms with Crippen LogP contribution in [0.5, 0.6) is 0 Å². The van der Waals surface area contributed by atoms with Gasteiger partial charge in [0.05, 0.1) is 16.3 Å². The molecule has 1 N–H and O–H groups in total. The molecule has 4 nitrogen and oxygen atoms in total. The number of carbonyl (C=O) groups is 2. The summed E-state index contributed by atoms with van der Waals surface area (Å²) in [5, 5.41) is 4.80. The predicted molar refractivity (Wildman–Crippen MR) is 99.0 cm³/mol. The van der Waals surface area contributed by atoms with Gasteiger partial charge in [-0.25, -0.2) is 4.79 Å². The quantitative estimate of drug-likeness (QED) is 0.697. The van der Waals surface area contributed by atoms with Crippen LogP contribution in [0.3, 0.4) is 0 Å². The zero-order chi connectivity index (χ0) is 17.8. The second-order valence-electron chi connectivity index (χ2n) is 5.63. The molecule has 3 aromatic carbocycles. The van der Waals surface area contributed by atoms with E-state index in [9.17, 15) is 9.59 Å². The minimum absolute atomic E-state index is 0.383. The Labute approximate surface area is 150 Å². The number of halogens is 1. The number of fused-ring (bicyclic) bond motifs is 1. The van der Waals surface area contributed by atoms with Gasteiger partial charge in [0, 0.05) is 0 Å². The van der Waals surface area contributed by atoms with Crippen molar-refractivity contribution in [2.45, 2.75) is 6.92 Å². The lowest BCUT2D eigenvalue weighted by molar-refractivity contribution is -0.119. The fraction of sp³-hybridized carbons (Fsp3) is 0.100. The van der Waals surface area contributed by atoms with E-state index in [1.54, 1.807) is 24.3 Å². The monoisotopic (exact) mass is 353 g/mol. The number of nitrogens with one attached hydrogen (secondary N) is 1. The fourth-order valence-corrected chi connectivity index (χ4v) is 2.80. The van der Waals surface area contributed by atoms with Crippen molar-refractivity contribution in [3.05, 3.63) is 76.8 Å². The Hall–Kier alpha value is -2.85. The highest BCUT2D eigenvalue weighted by atomic mass is 35.5. The van der Waals surface area contributed by atoms with Crippen molar-refractivity contribution in [2.75, 3.05) is 11.9 Å². The molecule has 0 aliphatic heterocycles. The first-order valence-electron chi connectivity index (χ1n) is 7.75. The molecule has 0 bridgehead atoms. The lowest BCUT2D eigenvalue weighted by Gasteiger charge is -2.09. The van der Waals surface area contributed by atoms with Gasteiger partial charge in [0.1, 0.15) is 0 Å². The van der Waals surface area contributed by atoms with Crippen molar-refractivity contribution >= 4 is 39.9 Å². The number of ether oxygens (including phenoxy) is 1. The molecule has 0 unspecified atom stereocenters. The van der Waals surface area contributed by atoms with Crippen LogP contribution in [0.15, 0.2) is 60.7 Å². The molecular formula is C20H16ClNO3. The second-order valence-corrected chi connectivity index (χ2v) is 6.04. The van der Waals surface area contributed by atoms with Crippen LogP contribution < -0.4 is 5.32 Å². The number of carbonyl (C=O) groups excluding carboxylic acids is 2. The van der Waals surface area contributed by atoms with Gasteiger partial charge in [-0.2, -0.15) is 0 Å². The second kappa shape index (κ2) is 7.36. The third kappa shape index (κ3) is 3.98. The van der Waals surface area contributed by atoms with Crippen LogP contribution in [0.25, 0.3) is 10.8 Å². The number of benzene rings is 3. The van der Waals surface area contributed by atoms with Crippen LogP contribution in [0.2, 0.25) is 5.02 Å². The van der Waals surface area contributed by atoms with Crippen LogP contribution in [0, 0.1) is 6.92 Å². The summed E-state index contributed by atoms with van der Waals surface area (Å²) < 4.78 is 5.14. The van der Waals surface area contributed by atoms with Gasteiger partial charge >= 0.3 is 5.97 Å². The number of hydrogen-bond donors (Lipinski definition) is 1. The lowest BCUT2D eigenvalue weighted by atomic mass is 10.1. The summed E-state index contributed by atoms with van der Waals surface area (Å²) in [5.74, 6) is -0.985. The molecule has 0 spiro atoms. The summed E-state index contributed by atoms with van der Waals surface area (Å²) in [4.78, 5) is 24.3. The van der Waals surface area contributed by atoms with Gasteiger partial charge in [0.25, 0.3) is 5.91 Å². The van der Waals surface area contributed by atoms with Crippen molar-refractivity contribution in [3.63, 3.8) is 0 Å². The third-order valence-corrected chi connectivity index (χ3v) is 4.06. The van der Waals surface area contributed by atoms with E-state index in [4.69, 9.17) is 16.3 Å². The summed E-state index contributed by atoms with van der Waals surface area (Å²) in [5.41, 5.74) is 1.91. The van der Waals surface area contributed by atoms with Gasteiger partial charge < -0.3 is 10.1 Å². The van der Waals surface area contributed by atoms with E-state index in [1.807, 2.05) is 43.3 Å². The maximum atomic E-state index is 12.3. The molecular weight excluding hydrogens is 338 g/mol. The number of amides is 1. The van der Waals surface area contributed by atoms with Crippen molar-refractivity contribution in [2.24, 2.45) is 0 Å². The minimum Gasteiger partial charge on any atom is -0.452 e. The van der Waals surface area contributed by atoms with E-state index in [-0.39, 0.29) is 6.61 Å². The van der Waals surface area contributed by atoms with Crippen LogP contribution >= 0.6 is 11.6 Å². The molecule has 1 amide bonds. The molecule has 0 saturated carbocycles. The Morgan fingerprint density at radius 1 is 1.04 bits per heavy atom. The standard InChI is InChI=1S/C20H16ClNO3/c1-13-9-10-18(17(21)11-13)22-19(23)12-25-20(24)16-8-4-6-14-5-2-3-7-15(14)16/h2-11H,12H2,1H3,(H,22,23). The molecule has 3 aromatic rings. The van der Waals surface area contributed by atoms with Crippen LogP contribution in [-0.4, -0.2) is 18.5 Å². The van der Waals surface area contributed by atoms with Gasteiger partial charge in [-0.1, -0.05) is 54.1 Å². The zero-order valence-electron chi connectivity index (χ0n) is 13.6. The Bertz CT molecular complexity index is 947. The highest BCUT2D eigenvalue weighted by Gasteiger charge is 2.14. The van der Waals surface area contributed by atoms with Crippen molar-refractivity contribution in [1.82, 2.24) is 0 Å². The summed E-state index contributed by atoms with van der Waals surface area (Å²) in [6.07, 6.45) is 0. The first-order valence-corrected chi connectivity index (χ1v) is 8.13. The van der Waals surface area contributed by atoms with E-state index in [0.29, 0.717) is 16.3 Å². The SMILES string of the molecule is Cc1ccc(NC(=O)COC(=O)c2cccc3ccccc23)c(Cl)c1. The largest absolute Gasteiger partial charge is 0.452 e. The van der Waals surface area contributed by atoms with Gasteiger partial charge in [-0.3, -0.25) is 4.79 Å². The van der Waals surface area contributed by atoms with Crippen molar-refractivity contribution < 1.29 is 14.3 Å². The number of rotatable bonds is 4. The molecule has 0 saturated heterocycles. The normalized spacial score (nSPS) is 10.5.